The van der Waals surface area contributed by atoms with Gasteiger partial charge in [-0.25, -0.2) is 0 Å². The quantitative estimate of drug-likeness (QED) is 0.0607. The lowest BCUT2D eigenvalue weighted by molar-refractivity contribution is 0.529. The number of rotatable bonds is 54. The summed E-state index contributed by atoms with van der Waals surface area (Å²) in [5, 5.41) is 0. The second kappa shape index (κ2) is 49.8. The topological polar surface area (TPSA) is 48.4 Å². The third-order valence-electron chi connectivity index (χ3n) is 14.7. The van der Waals surface area contributed by atoms with Crippen molar-refractivity contribution in [3.05, 3.63) is 0 Å². The third-order valence-corrected chi connectivity index (χ3v) is 14.7. The summed E-state index contributed by atoms with van der Waals surface area (Å²) in [5.74, 6) is 2.52. The summed E-state index contributed by atoms with van der Waals surface area (Å²) in [4.78, 5) is 22.1. The molecule has 0 amide bonds. The van der Waals surface area contributed by atoms with Crippen molar-refractivity contribution in [3.8, 4) is 0 Å². The van der Waals surface area contributed by atoms with Crippen LogP contribution in [0.1, 0.15) is 329 Å². The van der Waals surface area contributed by atoms with Crippen LogP contribution in [0.3, 0.4) is 0 Å². The Kier molecular flexibility index (Phi) is 47.1. The average molecular weight is 926 g/mol. The SMILES string of the molecule is CCCCCCCCCCCCCCCCCCN(C)c1nc(N(C)CCCCCCCCCCCCCCCCCC)nc(N(C)CCCCCCCCCCCCCCCCCC)n1. The second-order valence-electron chi connectivity index (χ2n) is 21.4. The Morgan fingerprint density at radius 2 is 0.318 bits per heavy atom. The first-order valence-corrected chi connectivity index (χ1v) is 30.4. The Morgan fingerprint density at radius 3 is 0.455 bits per heavy atom. The van der Waals surface area contributed by atoms with Gasteiger partial charge in [0.2, 0.25) is 17.8 Å². The molecule has 0 bridgehead atoms. The minimum absolute atomic E-state index is 0.841. The molecule has 6 nitrogen and oxygen atoms in total. The van der Waals surface area contributed by atoms with Crippen molar-refractivity contribution < 1.29 is 0 Å². The van der Waals surface area contributed by atoms with Crippen LogP contribution in [0, 0.1) is 0 Å². The molecule has 0 saturated heterocycles. The van der Waals surface area contributed by atoms with E-state index in [-0.39, 0.29) is 0 Å². The molecule has 0 aliphatic carbocycles. The highest BCUT2D eigenvalue weighted by Crippen LogP contribution is 2.21. The Balaban J connectivity index is 2.44. The molecule has 0 spiro atoms. The molecule has 0 saturated carbocycles. The molecule has 0 fully saturated rings. The molecule has 1 aromatic rings. The fourth-order valence-electron chi connectivity index (χ4n) is 9.85. The van der Waals surface area contributed by atoms with Gasteiger partial charge < -0.3 is 14.7 Å². The van der Waals surface area contributed by atoms with Crippen molar-refractivity contribution >= 4 is 17.8 Å². The standard InChI is InChI=1S/C60H120N6/c1-7-10-13-16-19-22-25-28-31-34-37-40-43-46-49-52-55-64(4)58-61-59(65(5)56-53-50-47-44-41-38-35-32-29-26-23-20-17-14-11-8-2)63-60(62-58)66(6)57-54-51-48-45-42-39-36-33-30-27-24-21-18-15-12-9-3/h7-57H2,1-6H3. The van der Waals surface area contributed by atoms with Gasteiger partial charge in [-0.1, -0.05) is 310 Å². The lowest BCUT2D eigenvalue weighted by Gasteiger charge is -2.24. The molecule has 6 heteroatoms. The summed E-state index contributed by atoms with van der Waals surface area (Å²) in [6.45, 7) is 9.95. The van der Waals surface area contributed by atoms with Crippen LogP contribution in [-0.2, 0) is 0 Å². The molecular formula is C60H120N6. The van der Waals surface area contributed by atoms with E-state index < -0.39 is 0 Å². The summed E-state index contributed by atoms with van der Waals surface area (Å²) >= 11 is 0. The third kappa shape index (κ3) is 40.3. The van der Waals surface area contributed by atoms with Crippen LogP contribution >= 0.6 is 0 Å². The number of hydrogen-bond acceptors (Lipinski definition) is 6. The first-order valence-electron chi connectivity index (χ1n) is 30.4. The molecule has 1 aromatic heterocycles. The van der Waals surface area contributed by atoms with Gasteiger partial charge in [0, 0.05) is 40.8 Å². The van der Waals surface area contributed by atoms with Gasteiger partial charge in [0.1, 0.15) is 0 Å². The smallest absolute Gasteiger partial charge is 0.231 e. The van der Waals surface area contributed by atoms with Gasteiger partial charge in [-0.05, 0) is 19.3 Å². The lowest BCUT2D eigenvalue weighted by atomic mass is 10.0. The first-order chi connectivity index (χ1) is 32.5. The normalized spacial score (nSPS) is 11.5. The highest BCUT2D eigenvalue weighted by atomic mass is 15.4. The Bertz CT molecular complexity index is 951. The minimum Gasteiger partial charge on any atom is -0.344 e. The Labute approximate surface area is 415 Å². The average Bonchev–Trinajstić information content (AvgIpc) is 3.33. The van der Waals surface area contributed by atoms with Gasteiger partial charge in [-0.3, -0.25) is 0 Å². The van der Waals surface area contributed by atoms with E-state index in [1.165, 1.54) is 308 Å². The van der Waals surface area contributed by atoms with E-state index in [1.54, 1.807) is 0 Å². The first kappa shape index (κ1) is 62.4. The Morgan fingerprint density at radius 1 is 0.197 bits per heavy atom. The van der Waals surface area contributed by atoms with Gasteiger partial charge in [0.15, 0.2) is 0 Å². The molecule has 1 heterocycles. The van der Waals surface area contributed by atoms with E-state index in [0.717, 1.165) is 37.5 Å². The van der Waals surface area contributed by atoms with E-state index in [2.05, 4.69) is 56.6 Å². The summed E-state index contributed by atoms with van der Waals surface area (Å²) in [5.41, 5.74) is 0. The molecule has 66 heavy (non-hydrogen) atoms. The van der Waals surface area contributed by atoms with Gasteiger partial charge in [-0.2, -0.15) is 15.0 Å². The van der Waals surface area contributed by atoms with E-state index in [4.69, 9.17) is 15.0 Å². The fraction of sp³-hybridized carbons (Fsp3) is 0.950. The van der Waals surface area contributed by atoms with E-state index in [9.17, 15) is 0 Å². The molecule has 1 rings (SSSR count). The number of aromatic nitrogens is 3. The van der Waals surface area contributed by atoms with Gasteiger partial charge in [0.05, 0.1) is 0 Å². The maximum Gasteiger partial charge on any atom is 0.231 e. The maximum absolute atomic E-state index is 5.08. The van der Waals surface area contributed by atoms with Crippen LogP contribution in [0.5, 0.6) is 0 Å². The second-order valence-corrected chi connectivity index (χ2v) is 21.4. The summed E-state index contributed by atoms with van der Waals surface area (Å²) in [7, 11) is 6.58. The number of unbranched alkanes of at least 4 members (excludes halogenated alkanes) is 45. The van der Waals surface area contributed by atoms with Crippen molar-refractivity contribution in [1.82, 2.24) is 15.0 Å². The number of anilines is 3. The van der Waals surface area contributed by atoms with E-state index in [1.807, 2.05) is 0 Å². The van der Waals surface area contributed by atoms with Gasteiger partial charge in [-0.15, -0.1) is 0 Å². The Hall–Kier alpha value is -1.59. The van der Waals surface area contributed by atoms with Crippen molar-refractivity contribution in [3.63, 3.8) is 0 Å². The van der Waals surface area contributed by atoms with Crippen molar-refractivity contribution in [2.75, 3.05) is 55.5 Å². The van der Waals surface area contributed by atoms with Crippen LogP contribution in [0.4, 0.5) is 17.8 Å². The zero-order chi connectivity index (χ0) is 47.6. The van der Waals surface area contributed by atoms with Crippen LogP contribution in [-0.4, -0.2) is 55.7 Å². The highest BCUT2D eigenvalue weighted by Gasteiger charge is 2.16. The van der Waals surface area contributed by atoms with E-state index in [0.29, 0.717) is 0 Å². The molecule has 0 aliphatic rings. The van der Waals surface area contributed by atoms with Crippen LogP contribution in [0.15, 0.2) is 0 Å². The van der Waals surface area contributed by atoms with E-state index >= 15 is 0 Å². The molecule has 0 radical (unpaired) electrons. The van der Waals surface area contributed by atoms with Crippen molar-refractivity contribution in [2.24, 2.45) is 0 Å². The fourth-order valence-corrected chi connectivity index (χ4v) is 9.85. The lowest BCUT2D eigenvalue weighted by Crippen LogP contribution is -2.29. The van der Waals surface area contributed by atoms with Crippen LogP contribution < -0.4 is 14.7 Å². The molecule has 0 unspecified atom stereocenters. The molecule has 0 aliphatic heterocycles. The predicted octanol–water partition coefficient (Wildman–Crippen LogP) is 20.0. The maximum atomic E-state index is 5.08. The highest BCUT2D eigenvalue weighted by molar-refractivity contribution is 5.45. The van der Waals surface area contributed by atoms with Crippen LogP contribution in [0.2, 0.25) is 0 Å². The number of hydrogen-bond donors (Lipinski definition) is 0. The zero-order valence-electron chi connectivity index (χ0n) is 46.2. The molecular weight excluding hydrogens is 805 g/mol. The van der Waals surface area contributed by atoms with Gasteiger partial charge >= 0.3 is 0 Å². The van der Waals surface area contributed by atoms with Crippen LogP contribution in [0.25, 0.3) is 0 Å². The molecule has 0 aromatic carbocycles. The molecule has 390 valence electrons. The zero-order valence-corrected chi connectivity index (χ0v) is 46.2. The van der Waals surface area contributed by atoms with Crippen molar-refractivity contribution in [1.29, 1.82) is 0 Å². The minimum atomic E-state index is 0.841. The summed E-state index contributed by atoms with van der Waals surface area (Å²) < 4.78 is 0. The largest absolute Gasteiger partial charge is 0.344 e. The van der Waals surface area contributed by atoms with Crippen molar-refractivity contribution in [2.45, 2.75) is 329 Å². The summed E-state index contributed by atoms with van der Waals surface area (Å²) in [6, 6.07) is 0. The molecule has 0 N–H and O–H groups in total. The number of nitrogens with zero attached hydrogens (tertiary/aromatic N) is 6. The predicted molar refractivity (Wildman–Crippen MR) is 298 cm³/mol. The monoisotopic (exact) mass is 925 g/mol. The van der Waals surface area contributed by atoms with Gasteiger partial charge in [0.25, 0.3) is 0 Å². The summed E-state index contributed by atoms with van der Waals surface area (Å²) in [6.07, 6.45) is 67.3. The molecule has 0 atom stereocenters.